The zero-order chi connectivity index (χ0) is 15.6. The van der Waals surface area contributed by atoms with E-state index in [0.717, 1.165) is 12.2 Å². The average molecular weight is 305 g/mol. The Morgan fingerprint density at radius 3 is 2.59 bits per heavy atom. The van der Waals surface area contributed by atoms with Crippen LogP contribution < -0.4 is 0 Å². The van der Waals surface area contributed by atoms with Gasteiger partial charge in [-0.25, -0.2) is 14.5 Å². The van der Waals surface area contributed by atoms with Crippen LogP contribution in [-0.4, -0.2) is 49.5 Å². The van der Waals surface area contributed by atoms with E-state index in [1.165, 1.54) is 4.80 Å². The number of rotatable bonds is 3. The molecule has 0 aliphatic carbocycles. The number of tetrazole rings is 1. The summed E-state index contributed by atoms with van der Waals surface area (Å²) in [5.74, 6) is -2.27. The molecule has 9 heteroatoms. The molecule has 2 aliphatic rings. The van der Waals surface area contributed by atoms with Gasteiger partial charge in [0.05, 0.1) is 19.5 Å². The normalized spacial score (nSPS) is 20.8. The van der Waals surface area contributed by atoms with Crippen molar-refractivity contribution in [1.29, 1.82) is 0 Å². The van der Waals surface area contributed by atoms with Crippen LogP contribution in [0, 0.1) is 0 Å². The summed E-state index contributed by atoms with van der Waals surface area (Å²) in [6, 6.07) is 0. The predicted molar refractivity (Wildman–Crippen MR) is 71.7 cm³/mol. The molecule has 0 aromatic carbocycles. The van der Waals surface area contributed by atoms with Crippen LogP contribution in [0.4, 0.5) is 0 Å². The standard InChI is InChI=1S/C13H15N5O4/c1-2-18-15-10(14-16-18)9-17-8-4-3-7-13(17)21-11(19)5-6-12(20)22-13/h3-6H,2,7-9H2,1H3. The van der Waals surface area contributed by atoms with E-state index >= 15 is 0 Å². The van der Waals surface area contributed by atoms with Gasteiger partial charge in [0, 0.05) is 18.7 Å². The molecular formula is C13H15N5O4. The largest absolute Gasteiger partial charge is 0.405 e. The van der Waals surface area contributed by atoms with E-state index in [2.05, 4.69) is 15.4 Å². The van der Waals surface area contributed by atoms with E-state index in [0.29, 0.717) is 18.9 Å². The second-order valence-electron chi connectivity index (χ2n) is 4.84. The molecule has 0 unspecified atom stereocenters. The average Bonchev–Trinajstić information content (AvgIpc) is 2.89. The Labute approximate surface area is 126 Å². The van der Waals surface area contributed by atoms with E-state index < -0.39 is 17.8 Å². The Morgan fingerprint density at radius 1 is 1.23 bits per heavy atom. The molecule has 1 spiro atoms. The Balaban J connectivity index is 1.85. The first-order valence-corrected chi connectivity index (χ1v) is 6.92. The minimum absolute atomic E-state index is 0.241. The predicted octanol–water partition coefficient (Wildman–Crippen LogP) is -0.235. The maximum atomic E-state index is 11.7. The summed E-state index contributed by atoms with van der Waals surface area (Å²) in [6.07, 6.45) is 6.06. The van der Waals surface area contributed by atoms with Crippen molar-refractivity contribution >= 4 is 11.9 Å². The van der Waals surface area contributed by atoms with E-state index in [4.69, 9.17) is 9.47 Å². The van der Waals surface area contributed by atoms with Crippen LogP contribution in [0.1, 0.15) is 19.2 Å². The first kappa shape index (κ1) is 14.4. The third kappa shape index (κ3) is 2.75. The van der Waals surface area contributed by atoms with Crippen molar-refractivity contribution in [3.63, 3.8) is 0 Å². The summed E-state index contributed by atoms with van der Waals surface area (Å²) in [5.41, 5.74) is 0. The zero-order valence-corrected chi connectivity index (χ0v) is 12.0. The first-order valence-electron chi connectivity index (χ1n) is 6.92. The Hall–Kier alpha value is -2.55. The van der Waals surface area contributed by atoms with Crippen LogP contribution in [0.25, 0.3) is 0 Å². The van der Waals surface area contributed by atoms with Gasteiger partial charge in [-0.05, 0) is 12.1 Å². The Morgan fingerprint density at radius 2 is 1.95 bits per heavy atom. The van der Waals surface area contributed by atoms with Gasteiger partial charge in [0.1, 0.15) is 0 Å². The number of hydrogen-bond acceptors (Lipinski definition) is 8. The highest BCUT2D eigenvalue weighted by Gasteiger charge is 2.46. The lowest BCUT2D eigenvalue weighted by atomic mass is 10.2. The second-order valence-corrected chi connectivity index (χ2v) is 4.84. The lowest BCUT2D eigenvalue weighted by molar-refractivity contribution is -0.283. The second kappa shape index (κ2) is 5.68. The van der Waals surface area contributed by atoms with Crippen molar-refractivity contribution in [2.75, 3.05) is 6.54 Å². The number of carbonyl (C=O) groups excluding carboxylic acids is 2. The van der Waals surface area contributed by atoms with Gasteiger partial charge in [-0.15, -0.1) is 10.2 Å². The summed E-state index contributed by atoms with van der Waals surface area (Å²) in [5, 5.41) is 12.0. The molecule has 0 saturated carbocycles. The SMILES string of the molecule is CCn1nnc(CN2CC=CCC23OC(=O)C=CC(=O)O3)n1. The van der Waals surface area contributed by atoms with Gasteiger partial charge in [-0.3, -0.25) is 0 Å². The molecule has 0 N–H and O–H groups in total. The third-order valence-electron chi connectivity index (χ3n) is 3.34. The molecular weight excluding hydrogens is 290 g/mol. The molecule has 2 aliphatic heterocycles. The highest BCUT2D eigenvalue weighted by Crippen LogP contribution is 2.30. The summed E-state index contributed by atoms with van der Waals surface area (Å²) in [4.78, 5) is 26.6. The van der Waals surface area contributed by atoms with Crippen LogP contribution in [0.2, 0.25) is 0 Å². The fourth-order valence-corrected chi connectivity index (χ4v) is 2.28. The molecule has 22 heavy (non-hydrogen) atoms. The molecule has 0 amide bonds. The van der Waals surface area contributed by atoms with Crippen LogP contribution in [0.15, 0.2) is 24.3 Å². The molecule has 0 fully saturated rings. The number of ether oxygens (including phenoxy) is 2. The summed E-state index contributed by atoms with van der Waals surface area (Å²) < 4.78 is 10.7. The molecule has 3 rings (SSSR count). The zero-order valence-electron chi connectivity index (χ0n) is 12.0. The summed E-state index contributed by atoms with van der Waals surface area (Å²) in [7, 11) is 0. The van der Waals surface area contributed by atoms with Gasteiger partial charge in [0.2, 0.25) is 0 Å². The fraction of sp³-hybridized carbons (Fsp3) is 0.462. The van der Waals surface area contributed by atoms with E-state index in [9.17, 15) is 9.59 Å². The van der Waals surface area contributed by atoms with Crippen LogP contribution in [-0.2, 0) is 32.2 Å². The van der Waals surface area contributed by atoms with Crippen molar-refractivity contribution in [3.05, 3.63) is 30.1 Å². The van der Waals surface area contributed by atoms with Crippen LogP contribution >= 0.6 is 0 Å². The lowest BCUT2D eigenvalue weighted by Crippen LogP contribution is -2.55. The molecule has 0 radical (unpaired) electrons. The Kier molecular flexibility index (Phi) is 3.72. The Bertz CT molecular complexity index is 631. The molecule has 0 saturated heterocycles. The van der Waals surface area contributed by atoms with Crippen molar-refractivity contribution in [3.8, 4) is 0 Å². The van der Waals surface area contributed by atoms with Gasteiger partial charge in [0.25, 0.3) is 0 Å². The summed E-state index contributed by atoms with van der Waals surface area (Å²) >= 11 is 0. The van der Waals surface area contributed by atoms with Gasteiger partial charge in [-0.2, -0.15) is 4.80 Å². The lowest BCUT2D eigenvalue weighted by Gasteiger charge is -2.40. The number of esters is 2. The van der Waals surface area contributed by atoms with Gasteiger partial charge >= 0.3 is 17.8 Å². The van der Waals surface area contributed by atoms with E-state index in [1.807, 2.05) is 13.0 Å². The van der Waals surface area contributed by atoms with Crippen molar-refractivity contribution in [1.82, 2.24) is 25.1 Å². The number of hydrogen-bond donors (Lipinski definition) is 0. The topological polar surface area (TPSA) is 99.4 Å². The molecule has 0 bridgehead atoms. The maximum absolute atomic E-state index is 11.7. The first-order chi connectivity index (χ1) is 10.6. The highest BCUT2D eigenvalue weighted by molar-refractivity contribution is 5.93. The molecule has 3 heterocycles. The monoisotopic (exact) mass is 305 g/mol. The highest BCUT2D eigenvalue weighted by atomic mass is 16.8. The number of aryl methyl sites for hydroxylation is 1. The van der Waals surface area contributed by atoms with Gasteiger partial charge in [-0.1, -0.05) is 12.2 Å². The summed E-state index contributed by atoms with van der Waals surface area (Å²) in [6.45, 7) is 3.18. The van der Waals surface area contributed by atoms with E-state index in [1.54, 1.807) is 11.0 Å². The smallest absolute Gasteiger partial charge is 0.335 e. The van der Waals surface area contributed by atoms with E-state index in [-0.39, 0.29) is 13.0 Å². The minimum Gasteiger partial charge on any atom is -0.405 e. The van der Waals surface area contributed by atoms with Gasteiger partial charge < -0.3 is 9.47 Å². The molecule has 0 atom stereocenters. The van der Waals surface area contributed by atoms with Crippen molar-refractivity contribution in [2.24, 2.45) is 0 Å². The number of nitrogens with zero attached hydrogens (tertiary/aromatic N) is 5. The molecule has 116 valence electrons. The molecule has 9 nitrogen and oxygen atoms in total. The van der Waals surface area contributed by atoms with Crippen LogP contribution in [0.3, 0.4) is 0 Å². The quantitative estimate of drug-likeness (QED) is 0.557. The number of aromatic nitrogens is 4. The van der Waals surface area contributed by atoms with Crippen molar-refractivity contribution in [2.45, 2.75) is 32.3 Å². The minimum atomic E-state index is -1.47. The van der Waals surface area contributed by atoms with Crippen LogP contribution in [0.5, 0.6) is 0 Å². The molecule has 1 aromatic rings. The number of carbonyl (C=O) groups is 2. The van der Waals surface area contributed by atoms with Gasteiger partial charge in [0.15, 0.2) is 5.82 Å². The fourth-order valence-electron chi connectivity index (χ4n) is 2.28. The maximum Gasteiger partial charge on any atom is 0.335 e. The van der Waals surface area contributed by atoms with Crippen molar-refractivity contribution < 1.29 is 19.1 Å². The molecule has 1 aromatic heterocycles. The third-order valence-corrected chi connectivity index (χ3v) is 3.34.